The molecule has 0 spiro atoms. The van der Waals surface area contributed by atoms with Gasteiger partial charge in [-0.25, -0.2) is 4.98 Å². The third-order valence-electron chi connectivity index (χ3n) is 3.84. The molecule has 120 valence electrons. The molecule has 0 saturated heterocycles. The number of para-hydroxylation sites is 1. The Kier molecular flexibility index (Phi) is 4.78. The molecule has 0 radical (unpaired) electrons. The summed E-state index contributed by atoms with van der Waals surface area (Å²) in [7, 11) is 1.81. The van der Waals surface area contributed by atoms with Gasteiger partial charge in [0.25, 0.3) is 5.91 Å². The van der Waals surface area contributed by atoms with Gasteiger partial charge in [-0.15, -0.1) is 11.3 Å². The van der Waals surface area contributed by atoms with E-state index in [1.807, 2.05) is 31.3 Å². The number of nitrogens with zero attached hydrogens (tertiary/aromatic N) is 2. The lowest BCUT2D eigenvalue weighted by Gasteiger charge is -2.11. The SMILES string of the molecule is CCCc1sc(C(=O)N(C)c2nc3ccccc3s2)cc1CC. The predicted octanol–water partition coefficient (Wildman–Crippen LogP) is 5.15. The molecule has 0 saturated carbocycles. The van der Waals surface area contributed by atoms with Crippen molar-refractivity contribution in [3.63, 3.8) is 0 Å². The zero-order chi connectivity index (χ0) is 16.4. The number of thiophene rings is 1. The molecule has 0 aliphatic rings. The summed E-state index contributed by atoms with van der Waals surface area (Å²) >= 11 is 3.19. The van der Waals surface area contributed by atoms with Crippen LogP contribution in [0.15, 0.2) is 30.3 Å². The van der Waals surface area contributed by atoms with Gasteiger partial charge < -0.3 is 0 Å². The van der Waals surface area contributed by atoms with Gasteiger partial charge in [0, 0.05) is 11.9 Å². The average Bonchev–Trinajstić information content (AvgIpc) is 3.17. The molecule has 5 heteroatoms. The molecule has 0 N–H and O–H groups in total. The van der Waals surface area contributed by atoms with Crippen molar-refractivity contribution in [3.05, 3.63) is 45.6 Å². The van der Waals surface area contributed by atoms with Gasteiger partial charge in [0.05, 0.1) is 15.1 Å². The van der Waals surface area contributed by atoms with Gasteiger partial charge in [0.15, 0.2) is 5.13 Å². The summed E-state index contributed by atoms with van der Waals surface area (Å²) in [4.78, 5) is 21.2. The molecular formula is C18H20N2OS2. The normalized spacial score (nSPS) is 11.1. The molecule has 23 heavy (non-hydrogen) atoms. The van der Waals surface area contributed by atoms with Crippen molar-refractivity contribution in [3.8, 4) is 0 Å². The van der Waals surface area contributed by atoms with E-state index < -0.39 is 0 Å². The number of benzene rings is 1. The highest BCUT2D eigenvalue weighted by molar-refractivity contribution is 7.22. The Morgan fingerprint density at radius 3 is 2.70 bits per heavy atom. The van der Waals surface area contributed by atoms with Crippen LogP contribution < -0.4 is 4.90 Å². The van der Waals surface area contributed by atoms with E-state index in [0.29, 0.717) is 0 Å². The molecular weight excluding hydrogens is 324 g/mol. The number of amides is 1. The number of carbonyl (C=O) groups excluding carboxylic acids is 1. The van der Waals surface area contributed by atoms with Gasteiger partial charge in [-0.05, 0) is 36.6 Å². The number of aromatic nitrogens is 1. The molecule has 3 aromatic rings. The largest absolute Gasteiger partial charge is 0.286 e. The van der Waals surface area contributed by atoms with E-state index in [0.717, 1.165) is 39.5 Å². The van der Waals surface area contributed by atoms with E-state index in [1.165, 1.54) is 10.4 Å². The third kappa shape index (κ3) is 3.16. The summed E-state index contributed by atoms with van der Waals surface area (Å²) in [5.41, 5.74) is 2.25. The van der Waals surface area contributed by atoms with Crippen LogP contribution in [0, 0.1) is 0 Å². The Bertz CT molecular complexity index is 802. The summed E-state index contributed by atoms with van der Waals surface area (Å²) in [5.74, 6) is 0.0334. The van der Waals surface area contributed by atoms with Crippen molar-refractivity contribution in [2.45, 2.75) is 33.1 Å². The lowest BCUT2D eigenvalue weighted by atomic mass is 10.1. The Morgan fingerprint density at radius 1 is 1.22 bits per heavy atom. The molecule has 1 amide bonds. The first-order chi connectivity index (χ1) is 11.1. The number of rotatable bonds is 5. The van der Waals surface area contributed by atoms with E-state index in [9.17, 15) is 4.79 Å². The first kappa shape index (κ1) is 16.1. The quantitative estimate of drug-likeness (QED) is 0.641. The number of hydrogen-bond acceptors (Lipinski definition) is 4. The van der Waals surface area contributed by atoms with Crippen LogP contribution in [-0.2, 0) is 12.8 Å². The van der Waals surface area contributed by atoms with E-state index in [4.69, 9.17) is 0 Å². The van der Waals surface area contributed by atoms with Crippen LogP contribution in [0.2, 0.25) is 0 Å². The molecule has 0 unspecified atom stereocenters. The fraction of sp³-hybridized carbons (Fsp3) is 0.333. The number of thiazole rings is 1. The minimum absolute atomic E-state index is 0.0334. The Balaban J connectivity index is 1.89. The Labute approximate surface area is 144 Å². The topological polar surface area (TPSA) is 33.2 Å². The lowest BCUT2D eigenvalue weighted by Crippen LogP contribution is -2.25. The number of carbonyl (C=O) groups is 1. The van der Waals surface area contributed by atoms with Crippen molar-refractivity contribution in [2.75, 3.05) is 11.9 Å². The molecule has 3 nitrogen and oxygen atoms in total. The molecule has 0 aliphatic heterocycles. The highest BCUT2D eigenvalue weighted by Crippen LogP contribution is 2.31. The zero-order valence-electron chi connectivity index (χ0n) is 13.6. The lowest BCUT2D eigenvalue weighted by molar-refractivity contribution is 0.0997. The van der Waals surface area contributed by atoms with Gasteiger partial charge in [-0.3, -0.25) is 9.69 Å². The van der Waals surface area contributed by atoms with Gasteiger partial charge in [-0.1, -0.05) is 43.7 Å². The van der Waals surface area contributed by atoms with Crippen LogP contribution in [0.3, 0.4) is 0 Å². The maximum absolute atomic E-state index is 12.8. The molecule has 3 rings (SSSR count). The van der Waals surface area contributed by atoms with Crippen molar-refractivity contribution < 1.29 is 4.79 Å². The second-order valence-electron chi connectivity index (χ2n) is 5.49. The Morgan fingerprint density at radius 2 is 2.00 bits per heavy atom. The minimum atomic E-state index is 0.0334. The summed E-state index contributed by atoms with van der Waals surface area (Å²) in [5, 5.41) is 0.750. The number of aryl methyl sites for hydroxylation is 2. The summed E-state index contributed by atoms with van der Waals surface area (Å²) in [6.07, 6.45) is 3.13. The maximum atomic E-state index is 12.8. The molecule has 0 bridgehead atoms. The second-order valence-corrected chi connectivity index (χ2v) is 7.64. The fourth-order valence-corrected chi connectivity index (χ4v) is 4.82. The molecule has 0 fully saturated rings. The first-order valence-electron chi connectivity index (χ1n) is 7.89. The summed E-state index contributed by atoms with van der Waals surface area (Å²) in [6.45, 7) is 4.32. The molecule has 1 aromatic carbocycles. The first-order valence-corrected chi connectivity index (χ1v) is 9.52. The van der Waals surface area contributed by atoms with Crippen molar-refractivity contribution >= 4 is 43.9 Å². The number of hydrogen-bond donors (Lipinski definition) is 0. The van der Waals surface area contributed by atoms with Gasteiger partial charge in [0.1, 0.15) is 0 Å². The van der Waals surface area contributed by atoms with Gasteiger partial charge in [0.2, 0.25) is 0 Å². The standard InChI is InChI=1S/C18H20N2OS2/c1-4-8-14-12(5-2)11-16(22-14)17(21)20(3)18-19-13-9-6-7-10-15(13)23-18/h6-7,9-11H,4-5,8H2,1-3H3. The smallest absolute Gasteiger partial charge is 0.269 e. The van der Waals surface area contributed by atoms with E-state index >= 15 is 0 Å². The van der Waals surface area contributed by atoms with Crippen molar-refractivity contribution in [2.24, 2.45) is 0 Å². The highest BCUT2D eigenvalue weighted by Gasteiger charge is 2.20. The van der Waals surface area contributed by atoms with Crippen LogP contribution >= 0.6 is 22.7 Å². The van der Waals surface area contributed by atoms with Crippen LogP contribution in [0.1, 0.15) is 40.4 Å². The van der Waals surface area contributed by atoms with E-state index in [2.05, 4.69) is 24.9 Å². The van der Waals surface area contributed by atoms with Crippen LogP contribution in [0.25, 0.3) is 10.2 Å². The summed E-state index contributed by atoms with van der Waals surface area (Å²) < 4.78 is 1.11. The monoisotopic (exact) mass is 344 g/mol. The molecule has 0 aliphatic carbocycles. The van der Waals surface area contributed by atoms with Crippen molar-refractivity contribution in [1.29, 1.82) is 0 Å². The van der Waals surface area contributed by atoms with Crippen LogP contribution in [0.5, 0.6) is 0 Å². The third-order valence-corrected chi connectivity index (χ3v) is 6.18. The second kappa shape index (κ2) is 6.81. The minimum Gasteiger partial charge on any atom is -0.286 e. The zero-order valence-corrected chi connectivity index (χ0v) is 15.3. The molecule has 0 atom stereocenters. The fourth-order valence-electron chi connectivity index (χ4n) is 2.57. The van der Waals surface area contributed by atoms with Crippen molar-refractivity contribution in [1.82, 2.24) is 4.98 Å². The van der Waals surface area contributed by atoms with Gasteiger partial charge >= 0.3 is 0 Å². The van der Waals surface area contributed by atoms with Crippen LogP contribution in [-0.4, -0.2) is 17.9 Å². The maximum Gasteiger partial charge on any atom is 0.269 e. The summed E-state index contributed by atoms with van der Waals surface area (Å²) in [6, 6.07) is 10.0. The molecule has 2 aromatic heterocycles. The predicted molar refractivity (Wildman–Crippen MR) is 100 cm³/mol. The van der Waals surface area contributed by atoms with Crippen LogP contribution in [0.4, 0.5) is 5.13 Å². The highest BCUT2D eigenvalue weighted by atomic mass is 32.1. The molecule has 2 heterocycles. The number of fused-ring (bicyclic) bond motifs is 1. The van der Waals surface area contributed by atoms with E-state index in [-0.39, 0.29) is 5.91 Å². The van der Waals surface area contributed by atoms with Gasteiger partial charge in [-0.2, -0.15) is 0 Å². The average molecular weight is 345 g/mol. The van der Waals surface area contributed by atoms with E-state index in [1.54, 1.807) is 27.6 Å². The Hall–Kier alpha value is -1.72. The number of anilines is 1.